The van der Waals surface area contributed by atoms with Crippen LogP contribution >= 0.6 is 0 Å². The van der Waals surface area contributed by atoms with Gasteiger partial charge in [-0.15, -0.1) is 0 Å². The molecule has 1 aliphatic rings. The zero-order chi connectivity index (χ0) is 17.1. The van der Waals surface area contributed by atoms with E-state index >= 15 is 0 Å². The van der Waals surface area contributed by atoms with Crippen molar-refractivity contribution in [2.75, 3.05) is 31.2 Å². The van der Waals surface area contributed by atoms with Gasteiger partial charge in [0.05, 0.1) is 24.5 Å². The third kappa shape index (κ3) is 3.41. The van der Waals surface area contributed by atoms with Crippen LogP contribution in [0, 0.1) is 13.8 Å². The van der Waals surface area contributed by atoms with E-state index in [2.05, 4.69) is 20.3 Å². The second-order valence-corrected chi connectivity index (χ2v) is 6.02. The average molecular weight is 330 g/mol. The van der Waals surface area contributed by atoms with Crippen molar-refractivity contribution in [3.05, 3.63) is 40.8 Å². The number of nitrogens with one attached hydrogen (secondary N) is 2. The van der Waals surface area contributed by atoms with E-state index in [0.717, 1.165) is 49.1 Å². The third-order valence-electron chi connectivity index (χ3n) is 4.49. The van der Waals surface area contributed by atoms with Gasteiger partial charge in [0, 0.05) is 30.9 Å². The lowest BCUT2D eigenvalue weighted by atomic mass is 10.2. The van der Waals surface area contributed by atoms with E-state index < -0.39 is 0 Å². The van der Waals surface area contributed by atoms with Crippen molar-refractivity contribution in [2.24, 2.45) is 7.05 Å². The molecule has 1 amide bonds. The first-order valence-electron chi connectivity index (χ1n) is 8.18. The largest absolute Gasteiger partial charge is 0.373 e. The van der Waals surface area contributed by atoms with E-state index in [1.54, 1.807) is 6.20 Å². The number of hydrogen-bond acceptors (Lipinski definition) is 4. The van der Waals surface area contributed by atoms with Gasteiger partial charge in [-0.2, -0.15) is 5.10 Å². The molecule has 2 N–H and O–H groups in total. The first-order valence-corrected chi connectivity index (χ1v) is 8.18. The smallest absolute Gasteiger partial charge is 0.274 e. The highest BCUT2D eigenvalue weighted by molar-refractivity contribution is 5.93. The normalized spacial score (nSPS) is 14.7. The fourth-order valence-electron chi connectivity index (χ4n) is 2.90. The number of ether oxygens (including phenoxy) is 1. The second-order valence-electron chi connectivity index (χ2n) is 6.02. The molecule has 0 atom stereocenters. The van der Waals surface area contributed by atoms with Crippen molar-refractivity contribution in [2.45, 2.75) is 20.4 Å². The number of aromatic amines is 1. The van der Waals surface area contributed by atoms with Crippen molar-refractivity contribution in [3.63, 3.8) is 0 Å². The minimum Gasteiger partial charge on any atom is -0.373 e. The fraction of sp³-hybridized carbons (Fsp3) is 0.471. The summed E-state index contributed by atoms with van der Waals surface area (Å²) in [4.78, 5) is 17.8. The quantitative estimate of drug-likeness (QED) is 0.892. The maximum Gasteiger partial charge on any atom is 0.274 e. The molecule has 2 aromatic rings. The fourth-order valence-corrected chi connectivity index (χ4v) is 2.90. The van der Waals surface area contributed by atoms with Gasteiger partial charge in [-0.3, -0.25) is 14.4 Å². The van der Waals surface area contributed by atoms with E-state index in [9.17, 15) is 4.79 Å². The van der Waals surface area contributed by atoms with Crippen molar-refractivity contribution in [3.8, 4) is 0 Å². The Hall–Kier alpha value is -2.41. The molecule has 1 fully saturated rings. The Bertz CT molecular complexity index is 717. The van der Waals surface area contributed by atoms with Crippen molar-refractivity contribution < 1.29 is 14.5 Å². The number of hydrogen-bond donors (Lipinski definition) is 1. The van der Waals surface area contributed by atoms with E-state index in [4.69, 9.17) is 4.74 Å². The number of amides is 1. The van der Waals surface area contributed by atoms with Crippen molar-refractivity contribution in [1.29, 1.82) is 0 Å². The highest BCUT2D eigenvalue weighted by Crippen LogP contribution is 2.12. The number of nitrogens with zero attached hydrogens (tertiary/aromatic N) is 3. The van der Waals surface area contributed by atoms with E-state index in [-0.39, 0.29) is 5.91 Å². The van der Waals surface area contributed by atoms with Crippen LogP contribution < -0.4 is 15.2 Å². The molecule has 0 radical (unpaired) electrons. The summed E-state index contributed by atoms with van der Waals surface area (Å²) in [5.74, 6) is 0.913. The molecule has 7 nitrogen and oxygen atoms in total. The van der Waals surface area contributed by atoms with Crippen LogP contribution in [0.15, 0.2) is 18.3 Å². The summed E-state index contributed by atoms with van der Waals surface area (Å²) in [7, 11) is 1.91. The maximum atomic E-state index is 12.3. The van der Waals surface area contributed by atoms with Gasteiger partial charge >= 0.3 is 0 Å². The van der Waals surface area contributed by atoms with E-state index in [1.165, 1.54) is 0 Å². The lowest BCUT2D eigenvalue weighted by molar-refractivity contribution is -0.364. The molecule has 7 heteroatoms. The van der Waals surface area contributed by atoms with Gasteiger partial charge in [-0.1, -0.05) is 0 Å². The van der Waals surface area contributed by atoms with Gasteiger partial charge in [0.2, 0.25) is 0 Å². The summed E-state index contributed by atoms with van der Waals surface area (Å²) >= 11 is 0. The molecule has 0 bridgehead atoms. The first kappa shape index (κ1) is 16.4. The van der Waals surface area contributed by atoms with Gasteiger partial charge < -0.3 is 10.1 Å². The summed E-state index contributed by atoms with van der Waals surface area (Å²) in [6.45, 7) is 7.64. The molecule has 1 aliphatic heterocycles. The molecule has 2 aromatic heterocycles. The Kier molecular flexibility index (Phi) is 4.80. The molecule has 0 saturated carbocycles. The molecule has 24 heavy (non-hydrogen) atoms. The number of H-pyrrole nitrogens is 1. The number of pyridine rings is 1. The molecule has 3 rings (SSSR count). The number of morpholine rings is 1. The lowest BCUT2D eigenvalue weighted by Crippen LogP contribution is -2.39. The monoisotopic (exact) mass is 330 g/mol. The van der Waals surface area contributed by atoms with Gasteiger partial charge in [0.15, 0.2) is 0 Å². The predicted molar refractivity (Wildman–Crippen MR) is 89.9 cm³/mol. The van der Waals surface area contributed by atoms with Crippen LogP contribution in [0.5, 0.6) is 0 Å². The Labute approximate surface area is 141 Å². The number of aromatic nitrogens is 3. The average Bonchev–Trinajstić information content (AvgIpc) is 2.86. The minimum atomic E-state index is -0.0950. The lowest BCUT2D eigenvalue weighted by Gasteiger charge is -2.21. The number of carbonyl (C=O) groups is 1. The second kappa shape index (κ2) is 7.00. The molecule has 1 saturated heterocycles. The van der Waals surface area contributed by atoms with Crippen LogP contribution in [-0.2, 0) is 18.3 Å². The van der Waals surface area contributed by atoms with Crippen LogP contribution in [0.2, 0.25) is 0 Å². The summed E-state index contributed by atoms with van der Waals surface area (Å²) in [5, 5.41) is 7.33. The molecule has 128 valence electrons. The number of carbonyl (C=O) groups excluding carboxylic acids is 1. The first-order chi connectivity index (χ1) is 11.6. The standard InChI is InChI=1S/C17H23N5O2/c1-12-15(13(2)21(3)20-12)11-19-17(23)14-4-5-16(18-10-14)22-6-8-24-9-7-22/h4-5,10H,6-9,11H2,1-3H3,(H,19,23)/p+1. The van der Waals surface area contributed by atoms with Gasteiger partial charge in [-0.25, -0.2) is 4.98 Å². The summed E-state index contributed by atoms with van der Waals surface area (Å²) in [6, 6.07) is 3.79. The van der Waals surface area contributed by atoms with Crippen molar-refractivity contribution >= 4 is 11.7 Å². The van der Waals surface area contributed by atoms with E-state index in [1.807, 2.05) is 37.7 Å². The van der Waals surface area contributed by atoms with Gasteiger partial charge in [0.25, 0.3) is 11.7 Å². The number of rotatable bonds is 4. The van der Waals surface area contributed by atoms with Crippen LogP contribution in [0.25, 0.3) is 0 Å². The van der Waals surface area contributed by atoms with Crippen LogP contribution in [0.4, 0.5) is 5.82 Å². The van der Waals surface area contributed by atoms with Crippen LogP contribution in [-0.4, -0.2) is 42.0 Å². The molecule has 0 unspecified atom stereocenters. The van der Waals surface area contributed by atoms with Crippen LogP contribution in [0.3, 0.4) is 0 Å². The van der Waals surface area contributed by atoms with Crippen LogP contribution in [0.1, 0.15) is 27.3 Å². The topological polar surface area (TPSA) is 73.5 Å². The maximum absolute atomic E-state index is 12.3. The van der Waals surface area contributed by atoms with E-state index in [0.29, 0.717) is 12.1 Å². The van der Waals surface area contributed by atoms with Gasteiger partial charge in [0.1, 0.15) is 19.3 Å². The Morgan fingerprint density at radius 1 is 1.33 bits per heavy atom. The Morgan fingerprint density at radius 2 is 2.08 bits per heavy atom. The molecule has 3 heterocycles. The predicted octanol–water partition coefficient (Wildman–Crippen LogP) is 0.618. The highest BCUT2D eigenvalue weighted by Gasteiger charge is 2.19. The molecular weight excluding hydrogens is 306 g/mol. The zero-order valence-electron chi connectivity index (χ0n) is 14.4. The Balaban J connectivity index is 1.62. The molecule has 0 aliphatic carbocycles. The van der Waals surface area contributed by atoms with Gasteiger partial charge in [-0.05, 0) is 19.9 Å². The molecular formula is C17H24N5O2+. The zero-order valence-corrected chi connectivity index (χ0v) is 14.4. The number of anilines is 1. The SMILES string of the molecule is Cc1nn(C)c(C)c1CNC(=O)c1ccc(N2CCOCC2)[nH+]c1. The molecule has 0 aromatic carbocycles. The summed E-state index contributed by atoms with van der Waals surface area (Å²) in [5.41, 5.74) is 3.71. The third-order valence-corrected chi connectivity index (χ3v) is 4.49. The highest BCUT2D eigenvalue weighted by atomic mass is 16.5. The minimum absolute atomic E-state index is 0.0950. The summed E-state index contributed by atoms with van der Waals surface area (Å²) < 4.78 is 7.19. The Morgan fingerprint density at radius 3 is 2.67 bits per heavy atom. The van der Waals surface area contributed by atoms with Crippen molar-refractivity contribution in [1.82, 2.24) is 15.1 Å². The molecule has 0 spiro atoms. The number of aryl methyl sites for hydroxylation is 2. The summed E-state index contributed by atoms with van der Waals surface area (Å²) in [6.07, 6.45) is 1.75.